The molecule has 1 aromatic carbocycles. The standard InChI is InChI=1S/C16H17N5O3/c1-11(19-14(22)10-20-15(23)9-17-16(20)24)12-5-2-3-6-13(12)21-8-4-7-18-21/h2-8,11H,9-10H2,1H3,(H,17,24)(H,19,22)/t11-/m1/s1. The summed E-state index contributed by atoms with van der Waals surface area (Å²) in [6, 6.07) is 8.54. The normalized spacial score (nSPS) is 15.3. The van der Waals surface area contributed by atoms with Crippen LogP contribution in [0.2, 0.25) is 0 Å². The Labute approximate surface area is 138 Å². The number of aromatic nitrogens is 2. The molecule has 0 spiro atoms. The van der Waals surface area contributed by atoms with E-state index in [1.165, 1.54) is 0 Å². The van der Waals surface area contributed by atoms with Crippen LogP contribution in [0, 0.1) is 0 Å². The van der Waals surface area contributed by atoms with E-state index in [9.17, 15) is 14.4 Å². The van der Waals surface area contributed by atoms with E-state index in [4.69, 9.17) is 0 Å². The quantitative estimate of drug-likeness (QED) is 0.786. The van der Waals surface area contributed by atoms with Crippen LogP contribution in [0.3, 0.4) is 0 Å². The lowest BCUT2D eigenvalue weighted by Crippen LogP contribution is -2.41. The number of hydrogen-bond acceptors (Lipinski definition) is 4. The Morgan fingerprint density at radius 1 is 1.33 bits per heavy atom. The van der Waals surface area contributed by atoms with Crippen LogP contribution in [0.5, 0.6) is 0 Å². The average molecular weight is 327 g/mol. The maximum absolute atomic E-state index is 12.2. The zero-order valence-corrected chi connectivity index (χ0v) is 13.1. The van der Waals surface area contributed by atoms with Gasteiger partial charge in [0.05, 0.1) is 18.3 Å². The van der Waals surface area contributed by atoms with E-state index in [0.717, 1.165) is 16.2 Å². The first-order valence-electron chi connectivity index (χ1n) is 7.53. The fourth-order valence-corrected chi connectivity index (χ4v) is 2.60. The van der Waals surface area contributed by atoms with Gasteiger partial charge >= 0.3 is 6.03 Å². The molecule has 3 rings (SSSR count). The maximum Gasteiger partial charge on any atom is 0.325 e. The lowest BCUT2D eigenvalue weighted by atomic mass is 10.1. The lowest BCUT2D eigenvalue weighted by molar-refractivity contribution is -0.130. The second-order valence-electron chi connectivity index (χ2n) is 5.44. The smallest absolute Gasteiger partial charge is 0.325 e. The van der Waals surface area contributed by atoms with Gasteiger partial charge in [0.25, 0.3) is 5.91 Å². The molecule has 124 valence electrons. The zero-order chi connectivity index (χ0) is 17.1. The number of amides is 4. The monoisotopic (exact) mass is 327 g/mol. The molecule has 0 bridgehead atoms. The molecule has 1 fully saturated rings. The largest absolute Gasteiger partial charge is 0.348 e. The Bertz CT molecular complexity index is 756. The van der Waals surface area contributed by atoms with Crippen molar-refractivity contribution in [3.8, 4) is 5.69 Å². The molecular weight excluding hydrogens is 310 g/mol. The number of para-hydroxylation sites is 1. The maximum atomic E-state index is 12.2. The van der Waals surface area contributed by atoms with Gasteiger partial charge in [-0.05, 0) is 24.6 Å². The number of carbonyl (C=O) groups is 3. The van der Waals surface area contributed by atoms with E-state index in [-0.39, 0.29) is 19.1 Å². The second kappa shape index (κ2) is 6.53. The number of urea groups is 1. The van der Waals surface area contributed by atoms with Crippen LogP contribution in [0.4, 0.5) is 4.79 Å². The molecule has 8 heteroatoms. The van der Waals surface area contributed by atoms with Crippen molar-refractivity contribution in [2.45, 2.75) is 13.0 Å². The number of benzene rings is 1. The van der Waals surface area contributed by atoms with Crippen LogP contribution in [0.15, 0.2) is 42.7 Å². The molecule has 0 radical (unpaired) electrons. The Hall–Kier alpha value is -3.16. The first kappa shape index (κ1) is 15.7. The van der Waals surface area contributed by atoms with Gasteiger partial charge in [0.15, 0.2) is 0 Å². The topological polar surface area (TPSA) is 96.3 Å². The molecule has 1 aromatic heterocycles. The number of hydrogen-bond donors (Lipinski definition) is 2. The van der Waals surface area contributed by atoms with Crippen LogP contribution in [-0.2, 0) is 9.59 Å². The van der Waals surface area contributed by atoms with Gasteiger partial charge in [0.2, 0.25) is 5.91 Å². The number of carbonyl (C=O) groups excluding carboxylic acids is 3. The molecule has 0 saturated carbocycles. The third kappa shape index (κ3) is 3.12. The van der Waals surface area contributed by atoms with Crippen molar-refractivity contribution in [1.82, 2.24) is 25.3 Å². The minimum Gasteiger partial charge on any atom is -0.348 e. The number of rotatable bonds is 5. The molecule has 8 nitrogen and oxygen atoms in total. The Balaban J connectivity index is 1.71. The van der Waals surface area contributed by atoms with Gasteiger partial charge in [-0.25, -0.2) is 9.48 Å². The van der Waals surface area contributed by atoms with E-state index in [0.29, 0.717) is 0 Å². The molecule has 24 heavy (non-hydrogen) atoms. The summed E-state index contributed by atoms with van der Waals surface area (Å²) in [5, 5.41) is 9.41. The van der Waals surface area contributed by atoms with Crippen LogP contribution in [0.1, 0.15) is 18.5 Å². The Kier molecular flexibility index (Phi) is 4.28. The summed E-state index contributed by atoms with van der Waals surface area (Å²) in [6.07, 6.45) is 3.50. The van der Waals surface area contributed by atoms with Gasteiger partial charge in [-0.1, -0.05) is 18.2 Å². The van der Waals surface area contributed by atoms with Crippen LogP contribution < -0.4 is 10.6 Å². The molecule has 2 N–H and O–H groups in total. The molecule has 2 heterocycles. The van der Waals surface area contributed by atoms with E-state index in [1.807, 2.05) is 43.5 Å². The molecule has 4 amide bonds. The summed E-state index contributed by atoms with van der Waals surface area (Å²) in [5.74, 6) is -0.803. The number of nitrogens with zero attached hydrogens (tertiary/aromatic N) is 3. The minimum atomic E-state index is -0.542. The van der Waals surface area contributed by atoms with E-state index in [1.54, 1.807) is 10.9 Å². The predicted molar refractivity (Wildman–Crippen MR) is 85.2 cm³/mol. The molecule has 1 saturated heterocycles. The van der Waals surface area contributed by atoms with Crippen molar-refractivity contribution in [3.05, 3.63) is 48.3 Å². The van der Waals surface area contributed by atoms with E-state index in [2.05, 4.69) is 15.7 Å². The second-order valence-corrected chi connectivity index (χ2v) is 5.44. The van der Waals surface area contributed by atoms with Crippen molar-refractivity contribution in [2.24, 2.45) is 0 Å². The fraction of sp³-hybridized carbons (Fsp3) is 0.250. The van der Waals surface area contributed by atoms with Crippen LogP contribution in [0.25, 0.3) is 5.69 Å². The summed E-state index contributed by atoms with van der Waals surface area (Å²) >= 11 is 0. The van der Waals surface area contributed by atoms with Crippen molar-refractivity contribution < 1.29 is 14.4 Å². The highest BCUT2D eigenvalue weighted by atomic mass is 16.2. The zero-order valence-electron chi connectivity index (χ0n) is 13.1. The van der Waals surface area contributed by atoms with Crippen molar-refractivity contribution in [3.63, 3.8) is 0 Å². The Morgan fingerprint density at radius 3 is 2.79 bits per heavy atom. The summed E-state index contributed by atoms with van der Waals surface area (Å²) in [5.41, 5.74) is 1.73. The van der Waals surface area contributed by atoms with Crippen molar-refractivity contribution in [1.29, 1.82) is 0 Å². The molecule has 1 aliphatic heterocycles. The third-order valence-electron chi connectivity index (χ3n) is 3.77. The van der Waals surface area contributed by atoms with Gasteiger partial charge in [-0.2, -0.15) is 5.10 Å². The SMILES string of the molecule is C[C@@H](NC(=O)CN1C(=O)CNC1=O)c1ccccc1-n1cccn1. The molecule has 1 atom stereocenters. The first-order valence-corrected chi connectivity index (χ1v) is 7.53. The molecule has 0 unspecified atom stereocenters. The van der Waals surface area contributed by atoms with Crippen LogP contribution in [-0.4, -0.2) is 45.6 Å². The number of nitrogens with one attached hydrogen (secondary N) is 2. The minimum absolute atomic E-state index is 0.0657. The average Bonchev–Trinajstić information content (AvgIpc) is 3.20. The summed E-state index contributed by atoms with van der Waals surface area (Å²) in [7, 11) is 0. The molecule has 2 aromatic rings. The predicted octanol–water partition coefficient (Wildman–Crippen LogP) is 0.601. The number of imide groups is 1. The lowest BCUT2D eigenvalue weighted by Gasteiger charge is -2.19. The highest BCUT2D eigenvalue weighted by Crippen LogP contribution is 2.20. The van der Waals surface area contributed by atoms with Crippen LogP contribution >= 0.6 is 0 Å². The van der Waals surface area contributed by atoms with Gasteiger partial charge in [0, 0.05) is 12.4 Å². The van der Waals surface area contributed by atoms with Gasteiger partial charge in [0.1, 0.15) is 6.54 Å². The summed E-state index contributed by atoms with van der Waals surface area (Å²) in [6.45, 7) is 1.48. The fourth-order valence-electron chi connectivity index (χ4n) is 2.60. The van der Waals surface area contributed by atoms with Crippen molar-refractivity contribution >= 4 is 17.8 Å². The van der Waals surface area contributed by atoms with Gasteiger partial charge in [-0.3, -0.25) is 14.5 Å². The van der Waals surface area contributed by atoms with Gasteiger partial charge in [-0.15, -0.1) is 0 Å². The third-order valence-corrected chi connectivity index (χ3v) is 3.77. The highest BCUT2D eigenvalue weighted by molar-refractivity contribution is 6.04. The first-order chi connectivity index (χ1) is 11.6. The van der Waals surface area contributed by atoms with Gasteiger partial charge < -0.3 is 10.6 Å². The van der Waals surface area contributed by atoms with E-state index < -0.39 is 17.8 Å². The molecular formula is C16H17N5O3. The molecule has 0 aliphatic carbocycles. The van der Waals surface area contributed by atoms with E-state index >= 15 is 0 Å². The molecule has 1 aliphatic rings. The van der Waals surface area contributed by atoms with Crippen molar-refractivity contribution in [2.75, 3.05) is 13.1 Å². The highest BCUT2D eigenvalue weighted by Gasteiger charge is 2.30. The summed E-state index contributed by atoms with van der Waals surface area (Å²) in [4.78, 5) is 36.1. The summed E-state index contributed by atoms with van der Waals surface area (Å²) < 4.78 is 1.72. The Morgan fingerprint density at radius 2 is 2.12 bits per heavy atom.